The maximum atomic E-state index is 14.4. The molecule has 2 aliphatic carbocycles. The number of hydrogen-bond donors (Lipinski definition) is 2. The van der Waals surface area contributed by atoms with Crippen molar-refractivity contribution < 1.29 is 53.2 Å². The van der Waals surface area contributed by atoms with E-state index in [1.165, 1.54) is 0 Å². The fourth-order valence-electron chi connectivity index (χ4n) is 7.31. The molecule has 0 unspecified atom stereocenters. The number of ketones is 6. The average molecular weight is 759 g/mol. The van der Waals surface area contributed by atoms with E-state index in [9.17, 15) is 43.8 Å². The largest absolute Gasteiger partial charge is 0.511 e. The van der Waals surface area contributed by atoms with Gasteiger partial charge in [0.25, 0.3) is 0 Å². The number of allylic oxidation sites excluding steroid dienone is 2. The monoisotopic (exact) mass is 758 g/mol. The van der Waals surface area contributed by atoms with Gasteiger partial charge in [0.15, 0.2) is 46.2 Å². The molecule has 0 aromatic rings. The minimum atomic E-state index is -2.67. The van der Waals surface area contributed by atoms with Crippen molar-refractivity contribution in [2.24, 2.45) is 47.3 Å². The van der Waals surface area contributed by atoms with Gasteiger partial charge in [0.05, 0.1) is 11.8 Å². The number of carbonyl (C=O) groups is 7. The van der Waals surface area contributed by atoms with Crippen molar-refractivity contribution in [2.45, 2.75) is 158 Å². The molecular weight excluding hydrogens is 692 g/mol. The number of rotatable bonds is 22. The molecule has 2 aliphatic rings. The highest BCUT2D eigenvalue weighted by Crippen LogP contribution is 2.49. The Balaban J connectivity index is 2.94. The first-order valence-electron chi connectivity index (χ1n) is 20.0. The first kappa shape index (κ1) is 46.5. The first-order chi connectivity index (χ1) is 24.9. The van der Waals surface area contributed by atoms with Crippen LogP contribution >= 0.6 is 0 Å². The standard InChI is InChI=1S/C43H66O11/c1-23(2)13-17-29-37(48)35(31(44)21-27(9)10)39(50)42(29,33(46)19-15-25(5)6)53-41(52)54-43(34(47)20-16-26(7)8)30(18-14-24(3)4)38(49)36(40(43)51)32(45)22-28(11)12/h23-30,50-51H,13-22H2,1-12H3/t29-,30-,42+,43+/m0/s1. The van der Waals surface area contributed by atoms with Crippen LogP contribution < -0.4 is 0 Å². The van der Waals surface area contributed by atoms with Crippen LogP contribution in [0.2, 0.25) is 0 Å². The van der Waals surface area contributed by atoms with Crippen LogP contribution in [0.4, 0.5) is 4.79 Å². The second kappa shape index (κ2) is 19.3. The number of carbonyl (C=O) groups excluding carboxylic acids is 7. The second-order valence-corrected chi connectivity index (χ2v) is 17.9. The lowest BCUT2D eigenvalue weighted by Crippen LogP contribution is -2.54. The third-order valence-corrected chi connectivity index (χ3v) is 10.3. The zero-order chi connectivity index (χ0) is 41.5. The summed E-state index contributed by atoms with van der Waals surface area (Å²) < 4.78 is 11.8. The Bertz CT molecular complexity index is 1400. The van der Waals surface area contributed by atoms with Gasteiger partial charge in [-0.05, 0) is 61.2 Å². The second-order valence-electron chi connectivity index (χ2n) is 17.9. The van der Waals surface area contributed by atoms with Gasteiger partial charge in [-0.3, -0.25) is 28.8 Å². The molecule has 304 valence electrons. The fraction of sp³-hybridized carbons (Fsp3) is 0.744. The Morgan fingerprint density at radius 2 is 0.815 bits per heavy atom. The molecule has 0 radical (unpaired) electrons. The van der Waals surface area contributed by atoms with E-state index < -0.39 is 86.6 Å². The molecule has 11 nitrogen and oxygen atoms in total. The molecule has 0 aliphatic heterocycles. The predicted molar refractivity (Wildman–Crippen MR) is 205 cm³/mol. The van der Waals surface area contributed by atoms with E-state index in [0.717, 1.165) is 0 Å². The SMILES string of the molecule is CC(C)CCC(=O)[C@@]1(OC(=O)O[C@]2(C(=O)CCC(C)C)C(O)=C(C(=O)CC(C)C)C(=O)[C@@H]2CCC(C)C)C(O)=C(C(=O)CC(C)C)C(=O)[C@@H]1CCC(C)C. The normalized spacial score (nSPS) is 23.3. The molecule has 0 fully saturated rings. The number of ether oxygens (including phenoxy) is 2. The summed E-state index contributed by atoms with van der Waals surface area (Å²) in [6.07, 6.45) is -1.19. The minimum Gasteiger partial charge on any atom is -0.507 e. The molecule has 0 spiro atoms. The number of aliphatic hydroxyl groups is 2. The van der Waals surface area contributed by atoms with E-state index in [1.807, 2.05) is 55.4 Å². The summed E-state index contributed by atoms with van der Waals surface area (Å²) in [5.41, 5.74) is -6.57. The zero-order valence-corrected chi connectivity index (χ0v) is 34.8. The van der Waals surface area contributed by atoms with E-state index in [-0.39, 0.29) is 74.0 Å². The molecule has 0 amide bonds. The van der Waals surface area contributed by atoms with Gasteiger partial charge in [0, 0.05) is 25.7 Å². The van der Waals surface area contributed by atoms with Gasteiger partial charge in [-0.1, -0.05) is 95.9 Å². The van der Waals surface area contributed by atoms with Crippen LogP contribution in [0.25, 0.3) is 0 Å². The molecule has 0 saturated heterocycles. The number of Topliss-reactive ketones (excluding diaryl/α,β-unsaturated/α-hetero) is 6. The maximum absolute atomic E-state index is 14.4. The van der Waals surface area contributed by atoms with Crippen LogP contribution in [0.5, 0.6) is 0 Å². The van der Waals surface area contributed by atoms with Crippen molar-refractivity contribution in [3.8, 4) is 0 Å². The van der Waals surface area contributed by atoms with Crippen molar-refractivity contribution in [1.29, 1.82) is 0 Å². The molecule has 0 aromatic heterocycles. The lowest BCUT2D eigenvalue weighted by atomic mass is 9.78. The van der Waals surface area contributed by atoms with Crippen LogP contribution in [0, 0.1) is 47.3 Å². The van der Waals surface area contributed by atoms with Gasteiger partial charge >= 0.3 is 6.16 Å². The lowest BCUT2D eigenvalue weighted by Gasteiger charge is -2.37. The van der Waals surface area contributed by atoms with Crippen molar-refractivity contribution in [3.63, 3.8) is 0 Å². The summed E-state index contributed by atoms with van der Waals surface area (Å²) in [6, 6.07) is 0. The smallest absolute Gasteiger partial charge is 0.507 e. The van der Waals surface area contributed by atoms with Gasteiger partial charge in [-0.25, -0.2) is 4.79 Å². The maximum Gasteiger partial charge on any atom is 0.511 e. The predicted octanol–water partition coefficient (Wildman–Crippen LogP) is 8.75. The highest BCUT2D eigenvalue weighted by molar-refractivity contribution is 6.27. The van der Waals surface area contributed by atoms with Crippen LogP contribution in [-0.2, 0) is 38.2 Å². The first-order valence-corrected chi connectivity index (χ1v) is 20.0. The average Bonchev–Trinajstić information content (AvgIpc) is 3.37. The van der Waals surface area contributed by atoms with Crippen LogP contribution in [-0.4, -0.2) is 62.3 Å². The van der Waals surface area contributed by atoms with E-state index >= 15 is 0 Å². The van der Waals surface area contributed by atoms with Gasteiger partial charge in [0.1, 0.15) is 11.1 Å². The molecule has 54 heavy (non-hydrogen) atoms. The Morgan fingerprint density at radius 3 is 1.07 bits per heavy atom. The van der Waals surface area contributed by atoms with Gasteiger partial charge < -0.3 is 19.7 Å². The Labute approximate surface area is 322 Å². The number of aliphatic hydroxyl groups excluding tert-OH is 2. The Hall–Kier alpha value is -3.63. The third-order valence-electron chi connectivity index (χ3n) is 10.3. The number of hydrogen-bond acceptors (Lipinski definition) is 11. The Kier molecular flexibility index (Phi) is 16.6. The summed E-state index contributed by atoms with van der Waals surface area (Å²) >= 11 is 0. The van der Waals surface area contributed by atoms with E-state index in [1.54, 1.807) is 27.7 Å². The molecule has 2 N–H and O–H groups in total. The third kappa shape index (κ3) is 10.4. The fourth-order valence-corrected chi connectivity index (χ4v) is 7.31. The molecule has 2 rings (SSSR count). The highest BCUT2D eigenvalue weighted by Gasteiger charge is 2.66. The summed E-state index contributed by atoms with van der Waals surface area (Å²) in [7, 11) is 0. The zero-order valence-electron chi connectivity index (χ0n) is 34.8. The Morgan fingerprint density at radius 1 is 0.519 bits per heavy atom. The molecule has 0 saturated carbocycles. The summed E-state index contributed by atoms with van der Waals surface area (Å²) in [6.45, 7) is 22.1. The van der Waals surface area contributed by atoms with E-state index in [2.05, 4.69) is 0 Å². The van der Waals surface area contributed by atoms with Crippen molar-refractivity contribution in [2.75, 3.05) is 0 Å². The topological polar surface area (TPSA) is 178 Å². The highest BCUT2D eigenvalue weighted by atomic mass is 16.8. The minimum absolute atomic E-state index is 0.00529. The molecule has 0 bridgehead atoms. The van der Waals surface area contributed by atoms with E-state index in [4.69, 9.17) is 9.47 Å². The summed E-state index contributed by atoms with van der Waals surface area (Å²) in [5, 5.41) is 23.8. The lowest BCUT2D eigenvalue weighted by molar-refractivity contribution is -0.161. The van der Waals surface area contributed by atoms with Gasteiger partial charge in [-0.15, -0.1) is 0 Å². The van der Waals surface area contributed by atoms with Crippen molar-refractivity contribution in [3.05, 3.63) is 22.7 Å². The molecule has 0 aromatic carbocycles. The molecular formula is C43H66O11. The molecule has 0 heterocycles. The summed E-state index contributed by atoms with van der Waals surface area (Å²) in [4.78, 5) is 98.6. The van der Waals surface area contributed by atoms with Crippen LogP contribution in [0.1, 0.15) is 147 Å². The van der Waals surface area contributed by atoms with Crippen molar-refractivity contribution in [1.82, 2.24) is 0 Å². The van der Waals surface area contributed by atoms with Gasteiger partial charge in [-0.2, -0.15) is 0 Å². The summed E-state index contributed by atoms with van der Waals surface area (Å²) in [5.74, 6) is -10.1. The van der Waals surface area contributed by atoms with E-state index in [0.29, 0.717) is 25.7 Å². The van der Waals surface area contributed by atoms with Crippen LogP contribution in [0.15, 0.2) is 22.7 Å². The van der Waals surface area contributed by atoms with Crippen molar-refractivity contribution >= 4 is 40.9 Å². The van der Waals surface area contributed by atoms with Gasteiger partial charge in [0.2, 0.25) is 11.2 Å². The molecule has 11 heteroatoms. The quantitative estimate of drug-likeness (QED) is 0.0796. The molecule has 4 atom stereocenters. The van der Waals surface area contributed by atoms with Crippen LogP contribution in [0.3, 0.4) is 0 Å².